The van der Waals surface area contributed by atoms with Gasteiger partial charge in [-0.3, -0.25) is 4.79 Å². The van der Waals surface area contributed by atoms with Crippen molar-refractivity contribution in [3.8, 4) is 0 Å². The van der Waals surface area contributed by atoms with Gasteiger partial charge in [0, 0.05) is 26.2 Å². The monoisotopic (exact) mass is 431 g/mol. The Bertz CT molecular complexity index is 801. The maximum absolute atomic E-state index is 14.0. The van der Waals surface area contributed by atoms with Crippen molar-refractivity contribution in [2.45, 2.75) is 39.0 Å². The maximum Gasteiger partial charge on any atom is 0.279 e. The van der Waals surface area contributed by atoms with Crippen LogP contribution in [0.15, 0.2) is 18.2 Å². The van der Waals surface area contributed by atoms with E-state index >= 15 is 0 Å². The molecule has 1 heterocycles. The van der Waals surface area contributed by atoms with Gasteiger partial charge in [0.15, 0.2) is 0 Å². The van der Waals surface area contributed by atoms with Crippen molar-refractivity contribution >= 4 is 27.7 Å². The van der Waals surface area contributed by atoms with Gasteiger partial charge in [-0.1, -0.05) is 37.4 Å². The minimum atomic E-state index is -3.45. The molecule has 6 nitrogen and oxygen atoms in total. The molecular formula is C19H27ClFN3O3S. The van der Waals surface area contributed by atoms with E-state index in [2.05, 4.69) is 10.0 Å². The summed E-state index contributed by atoms with van der Waals surface area (Å²) in [7, 11) is -3.45. The molecule has 0 unspecified atom stereocenters. The van der Waals surface area contributed by atoms with Crippen LogP contribution in [0.25, 0.3) is 0 Å². The highest BCUT2D eigenvalue weighted by atomic mass is 35.5. The predicted octanol–water partition coefficient (Wildman–Crippen LogP) is 2.95. The molecule has 1 saturated heterocycles. The lowest BCUT2D eigenvalue weighted by Gasteiger charge is -2.41. The van der Waals surface area contributed by atoms with Crippen LogP contribution in [0.3, 0.4) is 0 Å². The van der Waals surface area contributed by atoms with Crippen LogP contribution in [0.5, 0.6) is 0 Å². The summed E-state index contributed by atoms with van der Waals surface area (Å²) in [5, 5.41) is 2.94. The van der Waals surface area contributed by atoms with Gasteiger partial charge in [0.2, 0.25) is 0 Å². The number of hydrogen-bond acceptors (Lipinski definition) is 3. The number of benzene rings is 1. The van der Waals surface area contributed by atoms with E-state index in [1.54, 1.807) is 6.92 Å². The summed E-state index contributed by atoms with van der Waals surface area (Å²) in [5.41, 5.74) is -0.315. The largest absolute Gasteiger partial charge is 0.351 e. The molecule has 2 fully saturated rings. The molecule has 0 aromatic heterocycles. The number of halogens is 2. The van der Waals surface area contributed by atoms with Crippen LogP contribution in [0.4, 0.5) is 4.39 Å². The van der Waals surface area contributed by atoms with Crippen molar-refractivity contribution in [3.05, 3.63) is 34.6 Å². The van der Waals surface area contributed by atoms with Gasteiger partial charge >= 0.3 is 0 Å². The first-order chi connectivity index (χ1) is 13.3. The van der Waals surface area contributed by atoms with Crippen molar-refractivity contribution < 1.29 is 17.6 Å². The van der Waals surface area contributed by atoms with E-state index in [1.165, 1.54) is 35.3 Å². The zero-order chi connectivity index (χ0) is 20.4. The highest BCUT2D eigenvalue weighted by Crippen LogP contribution is 2.45. The standard InChI is InChI=1S/C19H27ClFN3O3S/c1-2-23-28(26,27)24-10-8-19(9-11-24,12-14-6-7-14)13-22-18(25)17-15(20)4-3-5-16(17)21/h3-5,14,23H,2,6-13H2,1H3,(H,22,25). The van der Waals surface area contributed by atoms with Gasteiger partial charge in [-0.15, -0.1) is 0 Å². The number of amides is 1. The SMILES string of the molecule is CCNS(=O)(=O)N1CCC(CNC(=O)c2c(F)cccc2Cl)(CC2CC2)CC1. The van der Waals surface area contributed by atoms with Crippen LogP contribution >= 0.6 is 11.6 Å². The molecule has 2 N–H and O–H groups in total. The highest BCUT2D eigenvalue weighted by Gasteiger charge is 2.41. The number of rotatable bonds is 8. The molecule has 0 atom stereocenters. The Balaban J connectivity index is 1.67. The van der Waals surface area contributed by atoms with Crippen LogP contribution in [0, 0.1) is 17.2 Å². The molecule has 1 aromatic rings. The Hall–Kier alpha value is -1.22. The fourth-order valence-corrected chi connectivity index (χ4v) is 5.39. The molecule has 0 radical (unpaired) electrons. The van der Waals surface area contributed by atoms with Crippen molar-refractivity contribution in [1.29, 1.82) is 0 Å². The molecule has 1 saturated carbocycles. The Kier molecular flexibility index (Phi) is 6.64. The van der Waals surface area contributed by atoms with Crippen LogP contribution in [0.1, 0.15) is 49.4 Å². The third kappa shape index (κ3) is 5.03. The van der Waals surface area contributed by atoms with Crippen LogP contribution in [-0.4, -0.2) is 44.8 Å². The fraction of sp³-hybridized carbons (Fsp3) is 0.632. The number of carbonyl (C=O) groups is 1. The number of nitrogens with one attached hydrogen (secondary N) is 2. The minimum Gasteiger partial charge on any atom is -0.351 e. The Morgan fingerprint density at radius 3 is 2.57 bits per heavy atom. The van der Waals surface area contributed by atoms with E-state index < -0.39 is 21.9 Å². The molecule has 9 heteroatoms. The van der Waals surface area contributed by atoms with E-state index in [9.17, 15) is 17.6 Å². The average molecular weight is 432 g/mol. The van der Waals surface area contributed by atoms with E-state index in [4.69, 9.17) is 11.6 Å². The molecule has 2 aliphatic rings. The fourth-order valence-electron chi connectivity index (χ4n) is 3.93. The second-order valence-corrected chi connectivity index (χ2v) is 9.99. The summed E-state index contributed by atoms with van der Waals surface area (Å²) in [4.78, 5) is 12.5. The Morgan fingerprint density at radius 1 is 1.32 bits per heavy atom. The third-order valence-corrected chi connectivity index (χ3v) is 7.70. The second-order valence-electron chi connectivity index (χ2n) is 7.83. The summed E-state index contributed by atoms with van der Waals surface area (Å²) in [6.07, 6.45) is 4.63. The molecule has 1 amide bonds. The first-order valence-electron chi connectivity index (χ1n) is 9.73. The predicted molar refractivity (Wildman–Crippen MR) is 107 cm³/mol. The number of nitrogens with zero attached hydrogens (tertiary/aromatic N) is 1. The molecule has 28 heavy (non-hydrogen) atoms. The van der Waals surface area contributed by atoms with Crippen LogP contribution in [0.2, 0.25) is 5.02 Å². The van der Waals surface area contributed by atoms with E-state index in [1.807, 2.05) is 0 Å². The van der Waals surface area contributed by atoms with Gasteiger partial charge in [0.05, 0.1) is 10.6 Å². The Morgan fingerprint density at radius 2 is 2.00 bits per heavy atom. The molecule has 1 aromatic carbocycles. The summed E-state index contributed by atoms with van der Waals surface area (Å²) in [6, 6.07) is 4.16. The number of hydrogen-bond donors (Lipinski definition) is 2. The molecule has 0 bridgehead atoms. The highest BCUT2D eigenvalue weighted by molar-refractivity contribution is 7.87. The molecular weight excluding hydrogens is 405 g/mol. The normalized spacial score (nSPS) is 20.1. The lowest BCUT2D eigenvalue weighted by molar-refractivity contribution is 0.0867. The van der Waals surface area contributed by atoms with Gasteiger partial charge in [-0.2, -0.15) is 12.7 Å². The zero-order valence-electron chi connectivity index (χ0n) is 16.0. The van der Waals surface area contributed by atoms with Crippen molar-refractivity contribution in [2.24, 2.45) is 11.3 Å². The summed E-state index contributed by atoms with van der Waals surface area (Å²) >= 11 is 5.99. The van der Waals surface area contributed by atoms with Crippen molar-refractivity contribution in [1.82, 2.24) is 14.3 Å². The third-order valence-electron chi connectivity index (χ3n) is 5.68. The topological polar surface area (TPSA) is 78.5 Å². The second kappa shape index (κ2) is 8.65. The molecule has 3 rings (SSSR count). The number of carbonyl (C=O) groups excluding carboxylic acids is 1. The summed E-state index contributed by atoms with van der Waals surface area (Å²) in [6.45, 7) is 3.33. The van der Waals surface area contributed by atoms with Crippen molar-refractivity contribution in [3.63, 3.8) is 0 Å². The molecule has 156 valence electrons. The Labute approximate surface area is 171 Å². The van der Waals surface area contributed by atoms with Gasteiger partial charge in [-0.25, -0.2) is 9.11 Å². The quantitative estimate of drug-likeness (QED) is 0.664. The van der Waals surface area contributed by atoms with Crippen LogP contribution in [-0.2, 0) is 10.2 Å². The molecule has 1 aliphatic heterocycles. The first kappa shape index (κ1) is 21.5. The van der Waals surface area contributed by atoms with Crippen LogP contribution < -0.4 is 10.0 Å². The number of piperidine rings is 1. The van der Waals surface area contributed by atoms with Crippen molar-refractivity contribution in [2.75, 3.05) is 26.2 Å². The molecule has 0 spiro atoms. The average Bonchev–Trinajstić information content (AvgIpc) is 3.44. The van der Waals surface area contributed by atoms with E-state index in [0.29, 0.717) is 44.9 Å². The molecule has 1 aliphatic carbocycles. The smallest absolute Gasteiger partial charge is 0.279 e. The zero-order valence-corrected chi connectivity index (χ0v) is 17.6. The van der Waals surface area contributed by atoms with Gasteiger partial charge in [-0.05, 0) is 42.7 Å². The first-order valence-corrected chi connectivity index (χ1v) is 11.5. The van der Waals surface area contributed by atoms with Gasteiger partial charge in [0.25, 0.3) is 16.1 Å². The summed E-state index contributed by atoms with van der Waals surface area (Å²) in [5.74, 6) is -0.542. The maximum atomic E-state index is 14.0. The van der Waals surface area contributed by atoms with Gasteiger partial charge < -0.3 is 5.32 Å². The van der Waals surface area contributed by atoms with E-state index in [-0.39, 0.29) is 16.0 Å². The summed E-state index contributed by atoms with van der Waals surface area (Å²) < 4.78 is 42.5. The van der Waals surface area contributed by atoms with Gasteiger partial charge in [0.1, 0.15) is 5.82 Å². The lowest BCUT2D eigenvalue weighted by Crippen LogP contribution is -2.50. The minimum absolute atomic E-state index is 0.0836. The lowest BCUT2D eigenvalue weighted by atomic mass is 9.74. The van der Waals surface area contributed by atoms with E-state index in [0.717, 1.165) is 6.42 Å².